The Balaban J connectivity index is 2.59. The highest BCUT2D eigenvalue weighted by Crippen LogP contribution is 2.19. The second-order valence-electron chi connectivity index (χ2n) is 4.81. The Morgan fingerprint density at radius 3 is 2.32 bits per heavy atom. The Kier molecular flexibility index (Phi) is 5.51. The normalized spacial score (nSPS) is 15.3. The van der Waals surface area contributed by atoms with Gasteiger partial charge in [-0.25, -0.2) is 0 Å². The van der Waals surface area contributed by atoms with Crippen LogP contribution < -0.4 is 16.8 Å². The number of benzene rings is 1. The van der Waals surface area contributed by atoms with Crippen molar-refractivity contribution < 1.29 is 9.59 Å². The summed E-state index contributed by atoms with van der Waals surface area (Å²) < 4.78 is 0. The first-order valence-electron chi connectivity index (χ1n) is 6.31. The van der Waals surface area contributed by atoms with E-state index in [1.165, 1.54) is 0 Å². The van der Waals surface area contributed by atoms with Gasteiger partial charge in [0.05, 0.1) is 5.92 Å². The molecule has 0 bridgehead atoms. The SMILES string of the molecule is CC(CC(N)=O)NC(=O)C(C)C(N)c1ccccc1. The van der Waals surface area contributed by atoms with E-state index in [1.807, 2.05) is 30.3 Å². The molecule has 3 atom stereocenters. The van der Waals surface area contributed by atoms with Crippen LogP contribution in [0.15, 0.2) is 30.3 Å². The molecule has 0 heterocycles. The molecular formula is C14H21N3O2. The lowest BCUT2D eigenvalue weighted by molar-refractivity contribution is -0.126. The zero-order valence-corrected chi connectivity index (χ0v) is 11.3. The van der Waals surface area contributed by atoms with Crippen molar-refractivity contribution in [3.8, 4) is 0 Å². The van der Waals surface area contributed by atoms with Crippen molar-refractivity contribution in [1.29, 1.82) is 0 Å². The molecule has 1 aromatic rings. The van der Waals surface area contributed by atoms with E-state index >= 15 is 0 Å². The molecule has 0 aliphatic rings. The number of nitrogens with one attached hydrogen (secondary N) is 1. The summed E-state index contributed by atoms with van der Waals surface area (Å²) >= 11 is 0. The maximum Gasteiger partial charge on any atom is 0.224 e. The van der Waals surface area contributed by atoms with Gasteiger partial charge in [-0.1, -0.05) is 37.3 Å². The molecule has 5 nitrogen and oxygen atoms in total. The van der Waals surface area contributed by atoms with Crippen LogP contribution in [0.2, 0.25) is 0 Å². The second kappa shape index (κ2) is 6.89. The van der Waals surface area contributed by atoms with Gasteiger partial charge in [-0.15, -0.1) is 0 Å². The van der Waals surface area contributed by atoms with Crippen LogP contribution in [0.1, 0.15) is 31.9 Å². The number of hydrogen-bond acceptors (Lipinski definition) is 3. The lowest BCUT2D eigenvalue weighted by Gasteiger charge is -2.22. The van der Waals surface area contributed by atoms with Gasteiger partial charge in [-0.2, -0.15) is 0 Å². The number of carbonyl (C=O) groups is 2. The van der Waals surface area contributed by atoms with E-state index < -0.39 is 5.91 Å². The van der Waals surface area contributed by atoms with Crippen LogP contribution in [0.3, 0.4) is 0 Å². The lowest BCUT2D eigenvalue weighted by atomic mass is 9.94. The zero-order valence-electron chi connectivity index (χ0n) is 11.3. The smallest absolute Gasteiger partial charge is 0.224 e. The summed E-state index contributed by atoms with van der Waals surface area (Å²) in [6.45, 7) is 3.51. The van der Waals surface area contributed by atoms with Crippen LogP contribution >= 0.6 is 0 Å². The molecule has 0 fully saturated rings. The molecule has 0 aliphatic carbocycles. The van der Waals surface area contributed by atoms with Gasteiger partial charge in [0.1, 0.15) is 0 Å². The molecule has 0 saturated carbocycles. The Labute approximate surface area is 113 Å². The van der Waals surface area contributed by atoms with Crippen LogP contribution in [0, 0.1) is 5.92 Å². The molecular weight excluding hydrogens is 242 g/mol. The minimum absolute atomic E-state index is 0.124. The summed E-state index contributed by atoms with van der Waals surface area (Å²) in [7, 11) is 0. The first-order chi connectivity index (χ1) is 8.91. The van der Waals surface area contributed by atoms with Crippen molar-refractivity contribution >= 4 is 11.8 Å². The number of carbonyl (C=O) groups excluding carboxylic acids is 2. The van der Waals surface area contributed by atoms with Crippen LogP contribution in [0.25, 0.3) is 0 Å². The quantitative estimate of drug-likeness (QED) is 0.704. The summed E-state index contributed by atoms with van der Waals surface area (Å²) in [5.41, 5.74) is 12.1. The fourth-order valence-corrected chi connectivity index (χ4v) is 1.85. The average molecular weight is 263 g/mol. The van der Waals surface area contributed by atoms with Gasteiger partial charge in [0.2, 0.25) is 11.8 Å². The first kappa shape index (κ1) is 15.2. The van der Waals surface area contributed by atoms with Crippen molar-refractivity contribution in [2.75, 3.05) is 0 Å². The minimum Gasteiger partial charge on any atom is -0.370 e. The Hall–Kier alpha value is -1.88. The highest BCUT2D eigenvalue weighted by molar-refractivity contribution is 5.81. The largest absolute Gasteiger partial charge is 0.370 e. The minimum atomic E-state index is -0.437. The standard InChI is InChI=1S/C14H21N3O2/c1-9(8-12(15)18)17-14(19)10(2)13(16)11-6-4-3-5-7-11/h3-7,9-10,13H,8,16H2,1-2H3,(H2,15,18)(H,17,19). The lowest BCUT2D eigenvalue weighted by Crippen LogP contribution is -2.41. The maximum atomic E-state index is 12.0. The van der Waals surface area contributed by atoms with Crippen molar-refractivity contribution in [3.63, 3.8) is 0 Å². The van der Waals surface area contributed by atoms with Gasteiger partial charge in [-0.05, 0) is 12.5 Å². The Morgan fingerprint density at radius 1 is 1.21 bits per heavy atom. The van der Waals surface area contributed by atoms with Crippen LogP contribution in [0.4, 0.5) is 0 Å². The number of amides is 2. The van der Waals surface area contributed by atoms with Crippen molar-refractivity contribution in [3.05, 3.63) is 35.9 Å². The van der Waals surface area contributed by atoms with E-state index in [0.717, 1.165) is 5.56 Å². The van der Waals surface area contributed by atoms with E-state index in [0.29, 0.717) is 0 Å². The molecule has 0 aromatic heterocycles. The highest BCUT2D eigenvalue weighted by atomic mass is 16.2. The van der Waals surface area contributed by atoms with Gasteiger partial charge in [0.25, 0.3) is 0 Å². The third kappa shape index (κ3) is 4.71. The molecule has 2 amide bonds. The molecule has 104 valence electrons. The molecule has 0 radical (unpaired) electrons. The Morgan fingerprint density at radius 2 is 1.79 bits per heavy atom. The van der Waals surface area contributed by atoms with Gasteiger partial charge in [0, 0.05) is 18.5 Å². The molecule has 0 spiro atoms. The first-order valence-corrected chi connectivity index (χ1v) is 6.31. The van der Waals surface area contributed by atoms with Gasteiger partial charge in [-0.3, -0.25) is 9.59 Å². The van der Waals surface area contributed by atoms with Gasteiger partial charge in [0.15, 0.2) is 0 Å². The van der Waals surface area contributed by atoms with Gasteiger partial charge < -0.3 is 16.8 Å². The van der Waals surface area contributed by atoms with E-state index in [2.05, 4.69) is 5.32 Å². The number of hydrogen-bond donors (Lipinski definition) is 3. The summed E-state index contributed by atoms with van der Waals surface area (Å²) in [6.07, 6.45) is 0.124. The molecule has 19 heavy (non-hydrogen) atoms. The third-order valence-electron chi connectivity index (χ3n) is 3.03. The van der Waals surface area contributed by atoms with E-state index in [9.17, 15) is 9.59 Å². The summed E-state index contributed by atoms with van der Waals surface area (Å²) in [6, 6.07) is 8.79. The number of primary amides is 1. The third-order valence-corrected chi connectivity index (χ3v) is 3.03. The summed E-state index contributed by atoms with van der Waals surface area (Å²) in [4.78, 5) is 22.8. The molecule has 5 heteroatoms. The monoisotopic (exact) mass is 263 g/mol. The molecule has 3 unspecified atom stereocenters. The van der Waals surface area contributed by atoms with Crippen molar-refractivity contribution in [2.45, 2.75) is 32.4 Å². The average Bonchev–Trinajstić information content (AvgIpc) is 2.36. The number of rotatable bonds is 6. The van der Waals surface area contributed by atoms with Crippen molar-refractivity contribution in [1.82, 2.24) is 5.32 Å². The summed E-state index contributed by atoms with van der Waals surface area (Å²) in [5.74, 6) is -0.990. The summed E-state index contributed by atoms with van der Waals surface area (Å²) in [5, 5.41) is 2.74. The molecule has 0 aliphatic heterocycles. The van der Waals surface area contributed by atoms with Crippen molar-refractivity contribution in [2.24, 2.45) is 17.4 Å². The predicted octanol–water partition coefficient (Wildman–Crippen LogP) is 0.703. The van der Waals surface area contributed by atoms with E-state index in [4.69, 9.17) is 11.5 Å². The maximum absolute atomic E-state index is 12.0. The molecule has 5 N–H and O–H groups in total. The fraction of sp³-hybridized carbons (Fsp3) is 0.429. The molecule has 1 rings (SSSR count). The number of nitrogens with two attached hydrogens (primary N) is 2. The van der Waals surface area contributed by atoms with Gasteiger partial charge >= 0.3 is 0 Å². The molecule has 0 saturated heterocycles. The van der Waals surface area contributed by atoms with Crippen LogP contribution in [0.5, 0.6) is 0 Å². The molecule has 1 aromatic carbocycles. The fourth-order valence-electron chi connectivity index (χ4n) is 1.85. The highest BCUT2D eigenvalue weighted by Gasteiger charge is 2.23. The predicted molar refractivity (Wildman–Crippen MR) is 74.0 cm³/mol. The Bertz CT molecular complexity index is 434. The van der Waals surface area contributed by atoms with E-state index in [-0.39, 0.29) is 30.3 Å². The van der Waals surface area contributed by atoms with Crippen LogP contribution in [-0.4, -0.2) is 17.9 Å². The topological polar surface area (TPSA) is 98.2 Å². The van der Waals surface area contributed by atoms with E-state index in [1.54, 1.807) is 13.8 Å². The van der Waals surface area contributed by atoms with Crippen LogP contribution in [-0.2, 0) is 9.59 Å². The zero-order chi connectivity index (χ0) is 14.4. The second-order valence-corrected chi connectivity index (χ2v) is 4.81.